The van der Waals surface area contributed by atoms with Gasteiger partial charge in [-0.15, -0.1) is 11.3 Å². The minimum atomic E-state index is -0.0110. The first-order valence-electron chi connectivity index (χ1n) is 5.97. The zero-order chi connectivity index (χ0) is 13.1. The molecule has 0 aliphatic carbocycles. The summed E-state index contributed by atoms with van der Waals surface area (Å²) in [4.78, 5) is 12.8. The molecule has 0 radical (unpaired) electrons. The highest BCUT2D eigenvalue weighted by Crippen LogP contribution is 2.34. The van der Waals surface area contributed by atoms with E-state index in [4.69, 9.17) is 4.74 Å². The molecule has 0 bridgehead atoms. The zero-order valence-corrected chi connectivity index (χ0v) is 12.9. The molecule has 100 valence electrons. The number of hydrogen-bond donors (Lipinski definition) is 2. The van der Waals surface area contributed by atoms with Crippen molar-refractivity contribution in [1.82, 2.24) is 10.6 Å². The van der Waals surface area contributed by atoms with Gasteiger partial charge < -0.3 is 15.4 Å². The topological polar surface area (TPSA) is 50.4 Å². The maximum absolute atomic E-state index is 12.1. The Morgan fingerprint density at radius 1 is 1.67 bits per heavy atom. The van der Waals surface area contributed by atoms with Crippen LogP contribution >= 0.6 is 27.3 Å². The first kappa shape index (κ1) is 13.8. The Morgan fingerprint density at radius 2 is 2.44 bits per heavy atom. The smallest absolute Gasteiger partial charge is 0.261 e. The monoisotopic (exact) mass is 332 g/mol. The van der Waals surface area contributed by atoms with Crippen LogP contribution in [0.4, 0.5) is 0 Å². The van der Waals surface area contributed by atoms with Crippen molar-refractivity contribution in [3.63, 3.8) is 0 Å². The van der Waals surface area contributed by atoms with E-state index in [2.05, 4.69) is 33.5 Å². The van der Waals surface area contributed by atoms with Crippen LogP contribution in [0.5, 0.6) is 5.75 Å². The van der Waals surface area contributed by atoms with Gasteiger partial charge in [0.15, 0.2) is 0 Å². The number of hydrogen-bond acceptors (Lipinski definition) is 4. The van der Waals surface area contributed by atoms with Gasteiger partial charge >= 0.3 is 0 Å². The number of methoxy groups -OCH3 is 1. The predicted molar refractivity (Wildman–Crippen MR) is 76.5 cm³/mol. The molecule has 1 aromatic heterocycles. The molecule has 18 heavy (non-hydrogen) atoms. The van der Waals surface area contributed by atoms with Crippen LogP contribution in [0.2, 0.25) is 0 Å². The van der Waals surface area contributed by atoms with Gasteiger partial charge in [0, 0.05) is 18.2 Å². The molecule has 6 heteroatoms. The molecule has 1 aliphatic rings. The highest BCUT2D eigenvalue weighted by molar-refractivity contribution is 9.11. The molecule has 1 fully saturated rings. The number of rotatable bonds is 3. The van der Waals surface area contributed by atoms with E-state index >= 15 is 0 Å². The van der Waals surface area contributed by atoms with E-state index in [9.17, 15) is 4.79 Å². The van der Waals surface area contributed by atoms with Crippen molar-refractivity contribution in [2.45, 2.75) is 31.8 Å². The lowest BCUT2D eigenvalue weighted by atomic mass is 10.0. The first-order valence-corrected chi connectivity index (χ1v) is 7.58. The van der Waals surface area contributed by atoms with Crippen LogP contribution in [-0.2, 0) is 0 Å². The van der Waals surface area contributed by atoms with Crippen LogP contribution in [0.1, 0.15) is 29.4 Å². The van der Waals surface area contributed by atoms with Crippen LogP contribution in [0.25, 0.3) is 0 Å². The summed E-state index contributed by atoms with van der Waals surface area (Å²) in [6.07, 6.45) is 1.97. The highest BCUT2D eigenvalue weighted by atomic mass is 79.9. The van der Waals surface area contributed by atoms with Gasteiger partial charge in [0.2, 0.25) is 0 Å². The van der Waals surface area contributed by atoms with E-state index < -0.39 is 0 Å². The number of halogens is 1. The number of nitrogens with one attached hydrogen (secondary N) is 2. The van der Waals surface area contributed by atoms with Gasteiger partial charge in [-0.25, -0.2) is 0 Å². The SMILES string of the molecule is COc1cc(C(=O)NC2CCNC(C)C2)sc1Br. The summed E-state index contributed by atoms with van der Waals surface area (Å²) in [6.45, 7) is 3.10. The molecule has 2 N–H and O–H groups in total. The molecule has 2 rings (SSSR count). The van der Waals surface area contributed by atoms with Crippen molar-refractivity contribution in [1.29, 1.82) is 0 Å². The highest BCUT2D eigenvalue weighted by Gasteiger charge is 2.22. The van der Waals surface area contributed by atoms with Gasteiger partial charge in [-0.2, -0.15) is 0 Å². The Morgan fingerprint density at radius 3 is 3.06 bits per heavy atom. The van der Waals surface area contributed by atoms with Crippen LogP contribution in [-0.4, -0.2) is 31.6 Å². The summed E-state index contributed by atoms with van der Waals surface area (Å²) in [6, 6.07) is 2.50. The lowest BCUT2D eigenvalue weighted by molar-refractivity contribution is 0.0929. The minimum Gasteiger partial charge on any atom is -0.495 e. The van der Waals surface area contributed by atoms with E-state index in [1.807, 2.05) is 0 Å². The molecule has 1 aliphatic heterocycles. The molecule has 1 aromatic rings. The van der Waals surface area contributed by atoms with Gasteiger partial charge in [-0.3, -0.25) is 4.79 Å². The normalized spacial score (nSPS) is 23.7. The second kappa shape index (κ2) is 6.04. The largest absolute Gasteiger partial charge is 0.495 e. The second-order valence-corrected chi connectivity index (χ2v) is 6.87. The number of ether oxygens (including phenoxy) is 1. The van der Waals surface area contributed by atoms with Gasteiger partial charge in [0.05, 0.1) is 12.0 Å². The molecule has 0 saturated carbocycles. The minimum absolute atomic E-state index is 0.0110. The Kier molecular flexibility index (Phi) is 4.64. The molecule has 0 spiro atoms. The van der Waals surface area contributed by atoms with Crippen molar-refractivity contribution in [2.75, 3.05) is 13.7 Å². The molecule has 1 amide bonds. The van der Waals surface area contributed by atoms with Crippen molar-refractivity contribution >= 4 is 33.2 Å². The average molecular weight is 333 g/mol. The van der Waals surface area contributed by atoms with Crippen LogP contribution in [0.3, 0.4) is 0 Å². The molecule has 4 nitrogen and oxygen atoms in total. The number of thiophene rings is 1. The van der Waals surface area contributed by atoms with Crippen molar-refractivity contribution in [3.05, 3.63) is 14.7 Å². The Bertz CT molecular complexity index is 436. The maximum Gasteiger partial charge on any atom is 0.261 e. The van der Waals surface area contributed by atoms with Gasteiger partial charge in [0.25, 0.3) is 5.91 Å². The molecule has 2 unspecified atom stereocenters. The van der Waals surface area contributed by atoms with Gasteiger partial charge in [-0.1, -0.05) is 0 Å². The van der Waals surface area contributed by atoms with Gasteiger partial charge in [-0.05, 0) is 42.2 Å². The first-order chi connectivity index (χ1) is 8.60. The van der Waals surface area contributed by atoms with Crippen molar-refractivity contribution in [2.24, 2.45) is 0 Å². The summed E-state index contributed by atoms with van der Waals surface area (Å²) in [5.74, 6) is 0.701. The third-order valence-electron chi connectivity index (χ3n) is 3.06. The van der Waals surface area contributed by atoms with Crippen LogP contribution in [0.15, 0.2) is 9.85 Å². The fourth-order valence-corrected chi connectivity index (χ4v) is 3.68. The molecular formula is C12H17BrN2O2S. The Labute approximate surface area is 119 Å². The third kappa shape index (κ3) is 3.24. The number of piperidine rings is 1. The molecule has 1 saturated heterocycles. The molecular weight excluding hydrogens is 316 g/mol. The zero-order valence-electron chi connectivity index (χ0n) is 10.5. The number of amides is 1. The van der Waals surface area contributed by atoms with E-state index in [-0.39, 0.29) is 11.9 Å². The fraction of sp³-hybridized carbons (Fsp3) is 0.583. The third-order valence-corrected chi connectivity index (χ3v) is 4.84. The standard InChI is InChI=1S/C12H17BrN2O2S/c1-7-5-8(3-4-14-7)15-12(16)10-6-9(17-2)11(13)18-10/h6-8,14H,3-5H2,1-2H3,(H,15,16). The summed E-state index contributed by atoms with van der Waals surface area (Å²) in [7, 11) is 1.60. The maximum atomic E-state index is 12.1. The molecule has 2 atom stereocenters. The number of carbonyl (C=O) groups is 1. The van der Waals surface area contributed by atoms with E-state index in [1.54, 1.807) is 13.2 Å². The van der Waals surface area contributed by atoms with E-state index in [1.165, 1.54) is 11.3 Å². The van der Waals surface area contributed by atoms with Crippen molar-refractivity contribution in [3.8, 4) is 5.75 Å². The Hall–Kier alpha value is -0.590. The lowest BCUT2D eigenvalue weighted by Gasteiger charge is -2.28. The summed E-state index contributed by atoms with van der Waals surface area (Å²) >= 11 is 4.78. The van der Waals surface area contributed by atoms with Crippen molar-refractivity contribution < 1.29 is 9.53 Å². The summed E-state index contributed by atoms with van der Waals surface area (Å²) < 4.78 is 6.01. The lowest BCUT2D eigenvalue weighted by Crippen LogP contribution is -2.46. The number of carbonyl (C=O) groups excluding carboxylic acids is 1. The molecule has 0 aromatic carbocycles. The van der Waals surface area contributed by atoms with E-state index in [0.29, 0.717) is 16.7 Å². The fourth-order valence-electron chi connectivity index (χ4n) is 2.12. The van der Waals surface area contributed by atoms with E-state index in [0.717, 1.165) is 23.2 Å². The molecule has 2 heterocycles. The van der Waals surface area contributed by atoms with Gasteiger partial charge in [0.1, 0.15) is 9.54 Å². The summed E-state index contributed by atoms with van der Waals surface area (Å²) in [5.41, 5.74) is 0. The quantitative estimate of drug-likeness (QED) is 0.893. The average Bonchev–Trinajstić information content (AvgIpc) is 2.70. The van der Waals surface area contributed by atoms with Crippen LogP contribution in [0, 0.1) is 0 Å². The Balaban J connectivity index is 1.98. The van der Waals surface area contributed by atoms with Crippen LogP contribution < -0.4 is 15.4 Å². The predicted octanol–water partition coefficient (Wildman–Crippen LogP) is 2.39. The summed E-state index contributed by atoms with van der Waals surface area (Å²) in [5, 5.41) is 6.46. The second-order valence-electron chi connectivity index (χ2n) is 4.50.